The van der Waals surface area contributed by atoms with Gasteiger partial charge in [-0.3, -0.25) is 4.79 Å². The quantitative estimate of drug-likeness (QED) is 0.765. The molecule has 3 aliphatic rings. The van der Waals surface area contributed by atoms with E-state index < -0.39 is 0 Å². The fourth-order valence-corrected chi connectivity index (χ4v) is 3.76. The fraction of sp³-hybridized carbons (Fsp3) is 0.833. The van der Waals surface area contributed by atoms with Gasteiger partial charge >= 0.3 is 0 Å². The number of nitrogens with one attached hydrogen (secondary N) is 1. The Hall–Kier alpha value is -0.790. The highest BCUT2D eigenvalue weighted by Gasteiger charge is 2.38. The molecule has 3 aliphatic carbocycles. The van der Waals surface area contributed by atoms with Crippen molar-refractivity contribution >= 4 is 5.91 Å². The van der Waals surface area contributed by atoms with Gasteiger partial charge in [0, 0.05) is 6.54 Å². The van der Waals surface area contributed by atoms with Crippen LogP contribution in [0.4, 0.5) is 0 Å². The van der Waals surface area contributed by atoms with Crippen molar-refractivity contribution in [3.8, 4) is 0 Å². The van der Waals surface area contributed by atoms with Gasteiger partial charge in [-0.25, -0.2) is 0 Å². The zero-order valence-electron chi connectivity index (χ0n) is 13.9. The molecule has 1 amide bonds. The molecule has 0 aromatic rings. The maximum Gasteiger partial charge on any atom is 0.229 e. The molecule has 0 spiro atoms. The molecule has 2 nitrogen and oxygen atoms in total. The number of fused-ring (bicyclic) bond motifs is 4. The van der Waals surface area contributed by atoms with Gasteiger partial charge in [-0.05, 0) is 56.3 Å². The van der Waals surface area contributed by atoms with Gasteiger partial charge in [0.2, 0.25) is 5.91 Å². The van der Waals surface area contributed by atoms with E-state index in [2.05, 4.69) is 46.0 Å². The molecule has 0 aromatic heterocycles. The van der Waals surface area contributed by atoms with Gasteiger partial charge in [-0.15, -0.1) is 0 Å². The maximum absolute atomic E-state index is 12.6. The molecule has 0 aliphatic heterocycles. The predicted octanol–water partition coefficient (Wildman–Crippen LogP) is 4.31. The van der Waals surface area contributed by atoms with Crippen LogP contribution >= 0.6 is 0 Å². The summed E-state index contributed by atoms with van der Waals surface area (Å²) in [4.78, 5) is 12.6. The average Bonchev–Trinajstić information content (AvgIpc) is 2.21. The van der Waals surface area contributed by atoms with E-state index in [0.717, 1.165) is 25.3 Å². The van der Waals surface area contributed by atoms with Gasteiger partial charge in [0.1, 0.15) is 0 Å². The molecular weight excluding hydrogens is 246 g/mol. The van der Waals surface area contributed by atoms with Gasteiger partial charge in [-0.1, -0.05) is 39.3 Å². The third-order valence-electron chi connectivity index (χ3n) is 4.81. The summed E-state index contributed by atoms with van der Waals surface area (Å²) in [5.41, 5.74) is 1.50. The van der Waals surface area contributed by atoms with Crippen molar-refractivity contribution < 1.29 is 4.79 Å². The molecule has 0 aromatic carbocycles. The summed E-state index contributed by atoms with van der Waals surface area (Å²) in [7, 11) is 0. The summed E-state index contributed by atoms with van der Waals surface area (Å²) in [5, 5.41) is 3.17. The summed E-state index contributed by atoms with van der Waals surface area (Å²) >= 11 is 0. The molecule has 0 saturated heterocycles. The van der Waals surface area contributed by atoms with E-state index in [9.17, 15) is 4.79 Å². The van der Waals surface area contributed by atoms with Crippen LogP contribution in [0.3, 0.4) is 0 Å². The minimum Gasteiger partial charge on any atom is -0.355 e. The van der Waals surface area contributed by atoms with Gasteiger partial charge in [0.05, 0.1) is 5.41 Å². The molecule has 3 rings (SSSR count). The van der Waals surface area contributed by atoms with Crippen LogP contribution in [0.5, 0.6) is 0 Å². The average molecular weight is 277 g/mol. The van der Waals surface area contributed by atoms with E-state index in [1.54, 1.807) is 0 Å². The van der Waals surface area contributed by atoms with Gasteiger partial charge in [0.25, 0.3) is 0 Å². The molecule has 2 heteroatoms. The lowest BCUT2D eigenvalue weighted by Crippen LogP contribution is -2.42. The van der Waals surface area contributed by atoms with Gasteiger partial charge < -0.3 is 5.32 Å². The molecule has 2 atom stereocenters. The zero-order chi connectivity index (χ0) is 15.0. The van der Waals surface area contributed by atoms with E-state index in [1.807, 2.05) is 0 Å². The van der Waals surface area contributed by atoms with E-state index in [4.69, 9.17) is 0 Å². The van der Waals surface area contributed by atoms with Gasteiger partial charge in [0.15, 0.2) is 0 Å². The highest BCUT2D eigenvalue weighted by Crippen LogP contribution is 2.45. The Morgan fingerprint density at radius 3 is 2.65 bits per heavy atom. The largest absolute Gasteiger partial charge is 0.355 e. The lowest BCUT2D eigenvalue weighted by molar-refractivity contribution is -0.129. The second-order valence-corrected chi connectivity index (χ2v) is 8.61. The molecule has 1 N–H and O–H groups in total. The molecule has 0 heterocycles. The SMILES string of the molecule is CC1CC2CC(=CC(C)(C(=O)NCCC(C)(C)C)C1)C2. The number of hydrogen-bond acceptors (Lipinski definition) is 1. The van der Waals surface area contributed by atoms with E-state index >= 15 is 0 Å². The second kappa shape index (κ2) is 5.54. The third-order valence-corrected chi connectivity index (χ3v) is 4.81. The Balaban J connectivity index is 1.98. The van der Waals surface area contributed by atoms with Crippen molar-refractivity contribution in [2.75, 3.05) is 6.54 Å². The molecule has 1 saturated carbocycles. The van der Waals surface area contributed by atoms with Crippen LogP contribution in [-0.4, -0.2) is 12.5 Å². The predicted molar refractivity (Wildman–Crippen MR) is 84.4 cm³/mol. The number of allylic oxidation sites excluding steroid dienone is 1. The highest BCUT2D eigenvalue weighted by molar-refractivity contribution is 5.84. The van der Waals surface area contributed by atoms with E-state index in [-0.39, 0.29) is 16.7 Å². The van der Waals surface area contributed by atoms with Crippen LogP contribution in [0.15, 0.2) is 11.6 Å². The number of hydrogen-bond donors (Lipinski definition) is 1. The van der Waals surface area contributed by atoms with E-state index in [1.165, 1.54) is 24.8 Å². The first-order valence-corrected chi connectivity index (χ1v) is 8.17. The molecule has 0 radical (unpaired) electrons. The minimum atomic E-state index is -0.294. The van der Waals surface area contributed by atoms with Crippen molar-refractivity contribution in [2.24, 2.45) is 22.7 Å². The van der Waals surface area contributed by atoms with Gasteiger partial charge in [-0.2, -0.15) is 0 Å². The van der Waals surface area contributed by atoms with Crippen LogP contribution in [0.1, 0.15) is 66.7 Å². The first-order chi connectivity index (χ1) is 9.18. The molecular formula is C18H31NO. The number of carbonyl (C=O) groups is 1. The molecule has 1 fully saturated rings. The standard InChI is InChI=1S/C18H31NO/c1-13-8-14-9-15(10-14)12-18(5,11-13)16(20)19-7-6-17(2,3)4/h12-14H,6-11H2,1-5H3,(H,19,20). The first-order valence-electron chi connectivity index (χ1n) is 8.17. The zero-order valence-corrected chi connectivity index (χ0v) is 13.9. The summed E-state index contributed by atoms with van der Waals surface area (Å²) in [6.07, 6.45) is 8.07. The summed E-state index contributed by atoms with van der Waals surface area (Å²) in [6, 6.07) is 0. The van der Waals surface area contributed by atoms with Crippen LogP contribution < -0.4 is 5.32 Å². The van der Waals surface area contributed by atoms with Crippen molar-refractivity contribution in [1.82, 2.24) is 5.32 Å². The number of carbonyl (C=O) groups excluding carboxylic acids is 1. The Labute approximate surface area is 124 Å². The minimum absolute atomic E-state index is 0.228. The van der Waals surface area contributed by atoms with E-state index in [0.29, 0.717) is 5.92 Å². The maximum atomic E-state index is 12.6. The highest BCUT2D eigenvalue weighted by atomic mass is 16.2. The summed E-state index contributed by atoms with van der Waals surface area (Å²) in [5.74, 6) is 1.77. The summed E-state index contributed by atoms with van der Waals surface area (Å²) in [6.45, 7) is 11.9. The second-order valence-electron chi connectivity index (χ2n) is 8.61. The van der Waals surface area contributed by atoms with Crippen molar-refractivity contribution in [1.29, 1.82) is 0 Å². The summed E-state index contributed by atoms with van der Waals surface area (Å²) < 4.78 is 0. The number of amides is 1. The molecule has 20 heavy (non-hydrogen) atoms. The monoisotopic (exact) mass is 277 g/mol. The Kier molecular flexibility index (Phi) is 4.32. The smallest absolute Gasteiger partial charge is 0.229 e. The van der Waals surface area contributed by atoms with Crippen molar-refractivity contribution in [3.05, 3.63) is 11.6 Å². The van der Waals surface area contributed by atoms with Crippen LogP contribution in [0, 0.1) is 22.7 Å². The molecule has 2 bridgehead atoms. The lowest BCUT2D eigenvalue weighted by atomic mass is 9.65. The Morgan fingerprint density at radius 2 is 2.05 bits per heavy atom. The molecule has 2 unspecified atom stereocenters. The number of rotatable bonds is 3. The van der Waals surface area contributed by atoms with Crippen molar-refractivity contribution in [2.45, 2.75) is 66.7 Å². The Bertz CT molecular complexity index is 396. The molecule has 114 valence electrons. The Morgan fingerprint density at radius 1 is 1.40 bits per heavy atom. The van der Waals surface area contributed by atoms with Crippen molar-refractivity contribution in [3.63, 3.8) is 0 Å². The third kappa shape index (κ3) is 3.86. The normalized spacial score (nSPS) is 33.5. The first kappa shape index (κ1) is 15.6. The van der Waals surface area contributed by atoms with Crippen LogP contribution in [0.2, 0.25) is 0 Å². The van der Waals surface area contributed by atoms with Crippen LogP contribution in [0.25, 0.3) is 0 Å². The van der Waals surface area contributed by atoms with Crippen LogP contribution in [-0.2, 0) is 4.79 Å². The fourth-order valence-electron chi connectivity index (χ4n) is 3.76. The lowest BCUT2D eigenvalue weighted by Gasteiger charge is -2.40. The topological polar surface area (TPSA) is 29.1 Å².